The van der Waals surface area contributed by atoms with Crippen molar-refractivity contribution in [2.45, 2.75) is 6.92 Å². The first-order chi connectivity index (χ1) is 11.0. The number of nitrogens with one attached hydrogen (secondary N) is 1. The second kappa shape index (κ2) is 8.08. The maximum absolute atomic E-state index is 12.2. The van der Waals surface area contributed by atoms with E-state index in [0.29, 0.717) is 21.4 Å². The van der Waals surface area contributed by atoms with Crippen LogP contribution in [0.15, 0.2) is 62.6 Å². The standard InChI is InChI=1S/C17H15Br2N3O/c1-11(7-8-12-5-3-2-4-6-12)21-22-17(23)14-9-13(18)10-15(19)16(14)20/h2-10H,20H2,1H3,(H,22,23). The molecule has 0 aliphatic carbocycles. The summed E-state index contributed by atoms with van der Waals surface area (Å²) in [5.41, 5.74) is 10.9. The zero-order chi connectivity index (χ0) is 16.8. The molecule has 2 rings (SSSR count). The van der Waals surface area contributed by atoms with E-state index in [0.717, 1.165) is 10.0 Å². The van der Waals surface area contributed by atoms with E-state index in [4.69, 9.17) is 5.73 Å². The molecule has 4 nitrogen and oxygen atoms in total. The fourth-order valence-electron chi connectivity index (χ4n) is 1.79. The number of nitrogens with two attached hydrogens (primary N) is 1. The number of hydrogen-bond acceptors (Lipinski definition) is 3. The van der Waals surface area contributed by atoms with Crippen LogP contribution >= 0.6 is 31.9 Å². The van der Waals surface area contributed by atoms with Crippen molar-refractivity contribution in [2.75, 3.05) is 5.73 Å². The Kier molecular flexibility index (Phi) is 6.12. The number of nitrogen functional groups attached to an aromatic ring is 1. The average molecular weight is 437 g/mol. The molecule has 118 valence electrons. The van der Waals surface area contributed by atoms with Crippen molar-refractivity contribution in [2.24, 2.45) is 5.10 Å². The smallest absolute Gasteiger partial charge is 0.273 e. The summed E-state index contributed by atoms with van der Waals surface area (Å²) < 4.78 is 1.41. The average Bonchev–Trinajstić information content (AvgIpc) is 2.55. The molecule has 0 spiro atoms. The molecule has 23 heavy (non-hydrogen) atoms. The number of rotatable bonds is 4. The molecule has 0 bridgehead atoms. The molecule has 0 unspecified atom stereocenters. The molecular weight excluding hydrogens is 422 g/mol. The predicted octanol–water partition coefficient (Wildman–Crippen LogP) is 4.61. The highest BCUT2D eigenvalue weighted by atomic mass is 79.9. The number of amides is 1. The Bertz CT molecular complexity index is 771. The Labute approximate surface area is 151 Å². The summed E-state index contributed by atoms with van der Waals surface area (Å²) in [6.45, 7) is 1.81. The summed E-state index contributed by atoms with van der Waals surface area (Å²) in [6.07, 6.45) is 3.75. The minimum absolute atomic E-state index is 0.356. The van der Waals surface area contributed by atoms with E-state index < -0.39 is 0 Å². The maximum Gasteiger partial charge on any atom is 0.273 e. The minimum atomic E-state index is -0.364. The molecule has 3 N–H and O–H groups in total. The van der Waals surface area contributed by atoms with Gasteiger partial charge in [-0.2, -0.15) is 5.10 Å². The van der Waals surface area contributed by atoms with Gasteiger partial charge in [-0.3, -0.25) is 4.79 Å². The lowest BCUT2D eigenvalue weighted by Gasteiger charge is -2.07. The highest BCUT2D eigenvalue weighted by Gasteiger charge is 2.12. The molecule has 6 heteroatoms. The van der Waals surface area contributed by atoms with Crippen LogP contribution < -0.4 is 11.2 Å². The highest BCUT2D eigenvalue weighted by molar-refractivity contribution is 9.11. The topological polar surface area (TPSA) is 67.5 Å². The Balaban J connectivity index is 2.07. The van der Waals surface area contributed by atoms with E-state index in [1.54, 1.807) is 19.1 Å². The number of carbonyl (C=O) groups excluding carboxylic acids is 1. The maximum atomic E-state index is 12.2. The molecule has 0 aromatic heterocycles. The van der Waals surface area contributed by atoms with Crippen LogP contribution in [0, 0.1) is 0 Å². The number of nitrogens with zero attached hydrogens (tertiary/aromatic N) is 1. The van der Waals surface area contributed by atoms with Crippen molar-refractivity contribution in [1.29, 1.82) is 0 Å². The quantitative estimate of drug-likeness (QED) is 0.417. The van der Waals surface area contributed by atoms with Crippen molar-refractivity contribution < 1.29 is 4.79 Å². The van der Waals surface area contributed by atoms with E-state index >= 15 is 0 Å². The third kappa shape index (κ3) is 5.04. The van der Waals surface area contributed by atoms with Gasteiger partial charge in [0.25, 0.3) is 5.91 Å². The van der Waals surface area contributed by atoms with Crippen LogP contribution in [-0.2, 0) is 0 Å². The molecule has 0 aliphatic heterocycles. The number of allylic oxidation sites excluding steroid dienone is 1. The van der Waals surface area contributed by atoms with Crippen molar-refractivity contribution in [3.63, 3.8) is 0 Å². The monoisotopic (exact) mass is 435 g/mol. The van der Waals surface area contributed by atoms with Crippen LogP contribution in [0.3, 0.4) is 0 Å². The third-order valence-corrected chi connectivity index (χ3v) is 4.10. The summed E-state index contributed by atoms with van der Waals surface area (Å²) in [5.74, 6) is -0.364. The summed E-state index contributed by atoms with van der Waals surface area (Å²) in [6, 6.07) is 13.3. The molecule has 0 saturated carbocycles. The van der Waals surface area contributed by atoms with Crippen LogP contribution in [0.4, 0.5) is 5.69 Å². The van der Waals surface area contributed by atoms with Gasteiger partial charge in [-0.15, -0.1) is 0 Å². The lowest BCUT2D eigenvalue weighted by atomic mass is 10.2. The highest BCUT2D eigenvalue weighted by Crippen LogP contribution is 2.28. The second-order valence-electron chi connectivity index (χ2n) is 4.79. The lowest BCUT2D eigenvalue weighted by Crippen LogP contribution is -2.20. The number of anilines is 1. The van der Waals surface area contributed by atoms with Crippen LogP contribution in [0.25, 0.3) is 6.08 Å². The number of halogens is 2. The fraction of sp³-hybridized carbons (Fsp3) is 0.0588. The van der Waals surface area contributed by atoms with Crippen molar-refractivity contribution in [1.82, 2.24) is 5.43 Å². The van der Waals surface area contributed by atoms with Crippen LogP contribution in [0.2, 0.25) is 0 Å². The summed E-state index contributed by atoms with van der Waals surface area (Å²) in [7, 11) is 0. The molecular formula is C17H15Br2N3O. The van der Waals surface area contributed by atoms with Gasteiger partial charge in [0, 0.05) is 8.95 Å². The molecule has 0 radical (unpaired) electrons. The largest absolute Gasteiger partial charge is 0.397 e. The van der Waals surface area contributed by atoms with E-state index in [1.807, 2.05) is 42.5 Å². The Morgan fingerprint density at radius 3 is 2.61 bits per heavy atom. The number of hydrogen-bond donors (Lipinski definition) is 2. The molecule has 1 amide bonds. The number of benzene rings is 2. The Hall–Kier alpha value is -1.92. The molecule has 0 heterocycles. The van der Waals surface area contributed by atoms with Gasteiger partial charge < -0.3 is 5.73 Å². The molecule has 0 atom stereocenters. The number of carbonyl (C=O) groups is 1. The zero-order valence-corrected chi connectivity index (χ0v) is 15.6. The van der Waals surface area contributed by atoms with Crippen molar-refractivity contribution in [3.8, 4) is 0 Å². The first-order valence-corrected chi connectivity index (χ1v) is 8.38. The van der Waals surface area contributed by atoms with Gasteiger partial charge in [-0.05, 0) is 46.6 Å². The van der Waals surface area contributed by atoms with Gasteiger partial charge in [0.15, 0.2) is 0 Å². The molecule has 0 saturated heterocycles. The van der Waals surface area contributed by atoms with Crippen LogP contribution in [0.1, 0.15) is 22.8 Å². The SMILES string of the molecule is CC(C=Cc1ccccc1)=NNC(=O)c1cc(Br)cc(Br)c1N. The first kappa shape index (κ1) is 17.4. The lowest BCUT2D eigenvalue weighted by molar-refractivity contribution is 0.0955. The Morgan fingerprint density at radius 1 is 1.22 bits per heavy atom. The van der Waals surface area contributed by atoms with E-state index in [9.17, 15) is 4.79 Å². The summed E-state index contributed by atoms with van der Waals surface area (Å²) in [5, 5.41) is 4.06. The predicted molar refractivity (Wildman–Crippen MR) is 102 cm³/mol. The zero-order valence-electron chi connectivity index (χ0n) is 12.4. The van der Waals surface area contributed by atoms with Crippen molar-refractivity contribution >= 4 is 55.2 Å². The van der Waals surface area contributed by atoms with Gasteiger partial charge in [-0.1, -0.05) is 52.3 Å². The van der Waals surface area contributed by atoms with Gasteiger partial charge in [-0.25, -0.2) is 5.43 Å². The van der Waals surface area contributed by atoms with Crippen molar-refractivity contribution in [3.05, 3.63) is 68.6 Å². The van der Waals surface area contributed by atoms with E-state index in [2.05, 4.69) is 42.4 Å². The fourth-order valence-corrected chi connectivity index (χ4v) is 3.02. The first-order valence-electron chi connectivity index (χ1n) is 6.79. The van der Waals surface area contributed by atoms with E-state index in [1.165, 1.54) is 0 Å². The van der Waals surface area contributed by atoms with Gasteiger partial charge in [0.05, 0.1) is 17.0 Å². The normalized spacial score (nSPS) is 11.7. The molecule has 2 aromatic carbocycles. The molecule has 2 aromatic rings. The Morgan fingerprint density at radius 2 is 1.91 bits per heavy atom. The summed E-state index contributed by atoms with van der Waals surface area (Å²) >= 11 is 6.65. The summed E-state index contributed by atoms with van der Waals surface area (Å²) in [4.78, 5) is 12.2. The third-order valence-electron chi connectivity index (χ3n) is 2.99. The van der Waals surface area contributed by atoms with E-state index in [-0.39, 0.29) is 5.91 Å². The van der Waals surface area contributed by atoms with Gasteiger partial charge >= 0.3 is 0 Å². The second-order valence-corrected chi connectivity index (χ2v) is 6.56. The minimum Gasteiger partial charge on any atom is -0.397 e. The van der Waals surface area contributed by atoms with Crippen LogP contribution in [-0.4, -0.2) is 11.6 Å². The van der Waals surface area contributed by atoms with Gasteiger partial charge in [0.2, 0.25) is 0 Å². The molecule has 0 fully saturated rings. The number of hydrazone groups is 1. The van der Waals surface area contributed by atoms with Crippen LogP contribution in [0.5, 0.6) is 0 Å². The van der Waals surface area contributed by atoms with Gasteiger partial charge in [0.1, 0.15) is 0 Å². The molecule has 0 aliphatic rings.